The highest BCUT2D eigenvalue weighted by molar-refractivity contribution is 8.00. The molecule has 4 nitrogen and oxygen atoms in total. The summed E-state index contributed by atoms with van der Waals surface area (Å²) in [5.41, 5.74) is -1.23. The second-order valence-corrected chi connectivity index (χ2v) is 7.49. The molecule has 0 amide bonds. The molecule has 1 aliphatic rings. The molecule has 1 aromatic carbocycles. The lowest BCUT2D eigenvalue weighted by atomic mass is 9.96. The number of anilines is 1. The fourth-order valence-electron chi connectivity index (χ4n) is 2.61. The Morgan fingerprint density at radius 2 is 1.96 bits per heavy atom. The van der Waals surface area contributed by atoms with Gasteiger partial charge in [0, 0.05) is 12.1 Å². The van der Waals surface area contributed by atoms with E-state index in [1.165, 1.54) is 30.8 Å². The van der Waals surface area contributed by atoms with Crippen LogP contribution in [0.1, 0.15) is 31.4 Å². The summed E-state index contributed by atoms with van der Waals surface area (Å²) in [4.78, 5) is 0. The Bertz CT molecular complexity index is 768. The lowest BCUT2D eigenvalue weighted by Gasteiger charge is -2.34. The number of nitriles is 1. The number of rotatable bonds is 5. The second kappa shape index (κ2) is 7.50. The van der Waals surface area contributed by atoms with E-state index in [9.17, 15) is 26.3 Å². The van der Waals surface area contributed by atoms with E-state index in [0.29, 0.717) is 5.75 Å². The zero-order valence-electron chi connectivity index (χ0n) is 14.3. The van der Waals surface area contributed by atoms with Gasteiger partial charge in [0.05, 0.1) is 28.1 Å². The average Bonchev–Trinajstić information content (AvgIpc) is 2.97. The Morgan fingerprint density at radius 3 is 2.44 bits per heavy atom. The van der Waals surface area contributed by atoms with Crippen molar-refractivity contribution < 1.29 is 26.3 Å². The van der Waals surface area contributed by atoms with Crippen molar-refractivity contribution in [2.75, 3.05) is 11.1 Å². The predicted octanol–water partition coefficient (Wildman–Crippen LogP) is 4.74. The largest absolute Gasteiger partial charge is 0.431 e. The number of hydrazone groups is 1. The number of alkyl halides is 6. The first-order valence-corrected chi connectivity index (χ1v) is 8.86. The van der Waals surface area contributed by atoms with E-state index in [2.05, 4.69) is 15.8 Å². The predicted molar refractivity (Wildman–Crippen MR) is 91.3 cm³/mol. The van der Waals surface area contributed by atoms with Crippen molar-refractivity contribution in [3.8, 4) is 6.07 Å². The molecular weight excluding hydrogens is 394 g/mol. The fraction of sp³-hybridized carbons (Fsp3) is 0.500. The highest BCUT2D eigenvalue weighted by atomic mass is 32.2. The van der Waals surface area contributed by atoms with Crippen LogP contribution in [-0.4, -0.2) is 28.6 Å². The zero-order chi connectivity index (χ0) is 20.5. The van der Waals surface area contributed by atoms with Gasteiger partial charge in [-0.25, -0.2) is 0 Å². The third-order valence-corrected chi connectivity index (χ3v) is 5.27. The van der Waals surface area contributed by atoms with Gasteiger partial charge < -0.3 is 10.7 Å². The molecule has 0 radical (unpaired) electrons. The van der Waals surface area contributed by atoms with Crippen molar-refractivity contribution in [3.63, 3.8) is 0 Å². The first-order valence-electron chi connectivity index (χ1n) is 7.81. The molecule has 0 spiro atoms. The second-order valence-electron chi connectivity index (χ2n) is 6.11. The van der Waals surface area contributed by atoms with Gasteiger partial charge in [-0.05, 0) is 30.9 Å². The van der Waals surface area contributed by atoms with Crippen LogP contribution in [0.25, 0.3) is 0 Å². The highest BCUT2D eigenvalue weighted by Gasteiger charge is 2.48. The van der Waals surface area contributed by atoms with Crippen LogP contribution in [0.4, 0.5) is 32.0 Å². The van der Waals surface area contributed by atoms with Gasteiger partial charge in [-0.15, -0.1) is 11.8 Å². The topological polar surface area (TPSA) is 60.2 Å². The number of hydrogen-bond donors (Lipinski definition) is 2. The van der Waals surface area contributed by atoms with Gasteiger partial charge in [0.25, 0.3) is 0 Å². The summed E-state index contributed by atoms with van der Waals surface area (Å²) in [6, 6.07) is 4.59. The van der Waals surface area contributed by atoms with E-state index in [1.54, 1.807) is 6.92 Å². The monoisotopic (exact) mass is 410 g/mol. The summed E-state index contributed by atoms with van der Waals surface area (Å²) < 4.78 is 78.0. The fourth-order valence-corrected chi connectivity index (χ4v) is 3.66. The van der Waals surface area contributed by atoms with Crippen LogP contribution in [0.15, 0.2) is 23.3 Å². The van der Waals surface area contributed by atoms with Crippen molar-refractivity contribution in [3.05, 3.63) is 29.3 Å². The van der Waals surface area contributed by atoms with Gasteiger partial charge in [-0.2, -0.15) is 36.7 Å². The number of nitrogens with one attached hydrogen (secondary N) is 2. The van der Waals surface area contributed by atoms with Crippen LogP contribution in [0.5, 0.6) is 0 Å². The van der Waals surface area contributed by atoms with E-state index >= 15 is 0 Å². The van der Waals surface area contributed by atoms with Gasteiger partial charge in [0.1, 0.15) is 5.71 Å². The molecule has 0 aliphatic carbocycles. The van der Waals surface area contributed by atoms with Crippen molar-refractivity contribution in [2.24, 2.45) is 5.10 Å². The molecule has 0 aromatic heterocycles. The standard InChI is InChI=1S/C16H16F6N4S/c1-3-27-13(14(2)7-12(25-26-14)16(20,21)22)24-10-5-4-9(8-23)11(6-10)15(17,18)19/h4-6,13,24,26H,3,7H2,1-2H3/t13?,14-/m1/s1. The minimum absolute atomic E-state index is 0.0516. The van der Waals surface area contributed by atoms with Gasteiger partial charge >= 0.3 is 12.4 Å². The Hall–Kier alpha value is -2.09. The molecule has 11 heteroatoms. The maximum Gasteiger partial charge on any atom is 0.431 e. The summed E-state index contributed by atoms with van der Waals surface area (Å²) in [5, 5.41) is 14.4. The molecule has 2 atom stereocenters. The first kappa shape index (κ1) is 21.2. The summed E-state index contributed by atoms with van der Waals surface area (Å²) in [5.74, 6) is 0.513. The van der Waals surface area contributed by atoms with E-state index in [0.717, 1.165) is 12.1 Å². The third-order valence-electron chi connectivity index (χ3n) is 3.96. The zero-order valence-corrected chi connectivity index (χ0v) is 15.1. The van der Waals surface area contributed by atoms with E-state index in [1.807, 2.05) is 0 Å². The highest BCUT2D eigenvalue weighted by Crippen LogP contribution is 2.37. The third kappa shape index (κ3) is 4.80. The van der Waals surface area contributed by atoms with E-state index < -0.39 is 46.5 Å². The Morgan fingerprint density at radius 1 is 1.30 bits per heavy atom. The number of thioether (sulfide) groups is 1. The minimum atomic E-state index is -4.72. The molecule has 0 fully saturated rings. The van der Waals surface area contributed by atoms with Crippen LogP contribution >= 0.6 is 11.8 Å². The molecule has 0 saturated carbocycles. The molecule has 0 saturated heterocycles. The number of nitrogens with zero attached hydrogens (tertiary/aromatic N) is 2. The van der Waals surface area contributed by atoms with E-state index in [-0.39, 0.29) is 5.69 Å². The summed E-state index contributed by atoms with van der Waals surface area (Å²) in [6.45, 7) is 3.30. The molecule has 2 N–H and O–H groups in total. The van der Waals surface area contributed by atoms with Gasteiger partial charge in [0.15, 0.2) is 0 Å². The maximum absolute atomic E-state index is 13.1. The van der Waals surface area contributed by atoms with Crippen LogP contribution in [-0.2, 0) is 6.18 Å². The molecule has 1 aliphatic heterocycles. The van der Waals surface area contributed by atoms with Crippen molar-refractivity contribution in [1.29, 1.82) is 5.26 Å². The van der Waals surface area contributed by atoms with Crippen molar-refractivity contribution in [1.82, 2.24) is 5.43 Å². The Kier molecular flexibility index (Phi) is 5.89. The molecular formula is C16H16F6N4S. The molecule has 1 unspecified atom stereocenters. The van der Waals surface area contributed by atoms with Gasteiger partial charge in [-0.1, -0.05) is 6.92 Å². The van der Waals surface area contributed by atoms with Gasteiger partial charge in [-0.3, -0.25) is 0 Å². The van der Waals surface area contributed by atoms with Crippen molar-refractivity contribution >= 4 is 23.2 Å². The summed E-state index contributed by atoms with van der Waals surface area (Å²) >= 11 is 1.24. The van der Waals surface area contributed by atoms with Crippen LogP contribution < -0.4 is 10.7 Å². The molecule has 2 rings (SSSR count). The number of halogens is 6. The minimum Gasteiger partial charge on any atom is -0.371 e. The lowest BCUT2D eigenvalue weighted by Crippen LogP contribution is -2.50. The van der Waals surface area contributed by atoms with Crippen LogP contribution in [0, 0.1) is 11.3 Å². The molecule has 1 heterocycles. The van der Waals surface area contributed by atoms with Crippen LogP contribution in [0.2, 0.25) is 0 Å². The number of hydrogen-bond acceptors (Lipinski definition) is 5. The van der Waals surface area contributed by atoms with E-state index in [4.69, 9.17) is 5.26 Å². The normalized spacial score (nSPS) is 21.2. The molecule has 27 heavy (non-hydrogen) atoms. The Balaban J connectivity index is 2.29. The maximum atomic E-state index is 13.1. The van der Waals surface area contributed by atoms with Gasteiger partial charge in [0.2, 0.25) is 0 Å². The number of benzene rings is 1. The molecule has 1 aromatic rings. The first-order chi connectivity index (χ1) is 12.4. The summed E-state index contributed by atoms with van der Waals surface area (Å²) in [6.07, 6.45) is -9.73. The van der Waals surface area contributed by atoms with Crippen molar-refractivity contribution in [2.45, 2.75) is 43.5 Å². The molecule has 0 bridgehead atoms. The quantitative estimate of drug-likeness (QED) is 0.544. The average molecular weight is 410 g/mol. The SMILES string of the molecule is CCSC(Nc1ccc(C#N)c(C(F)(F)F)c1)[C@@]1(C)CC(C(F)(F)F)=NN1. The Labute approximate surface area is 156 Å². The summed E-state index contributed by atoms with van der Waals surface area (Å²) in [7, 11) is 0. The lowest BCUT2D eigenvalue weighted by molar-refractivity contribution is -0.137. The smallest absolute Gasteiger partial charge is 0.371 e. The molecule has 148 valence electrons. The van der Waals surface area contributed by atoms with Crippen LogP contribution in [0.3, 0.4) is 0 Å².